The highest BCUT2D eigenvalue weighted by molar-refractivity contribution is 6.34. The Balaban J connectivity index is 2.09. The zero-order valence-corrected chi connectivity index (χ0v) is 13.0. The van der Waals surface area contributed by atoms with Crippen LogP contribution in [0.5, 0.6) is 0 Å². The summed E-state index contributed by atoms with van der Waals surface area (Å²) in [6, 6.07) is 5.10. The number of carbonyl (C=O) groups excluding carboxylic acids is 1. The third-order valence-electron chi connectivity index (χ3n) is 4.23. The third kappa shape index (κ3) is 3.45. The summed E-state index contributed by atoms with van der Waals surface area (Å²) in [6.07, 6.45) is 3.36. The lowest BCUT2D eigenvalue weighted by atomic mass is 9.89. The van der Waals surface area contributed by atoms with Gasteiger partial charge in [-0.05, 0) is 49.3 Å². The molecule has 1 saturated heterocycles. The molecule has 1 heterocycles. The summed E-state index contributed by atoms with van der Waals surface area (Å²) in [5.74, 6) is 1.43. The van der Waals surface area contributed by atoms with Crippen molar-refractivity contribution >= 4 is 23.2 Å². The minimum Gasteiger partial charge on any atom is -0.399 e. The van der Waals surface area contributed by atoms with Crippen LogP contribution in [0.2, 0.25) is 5.02 Å². The lowest BCUT2D eigenvalue weighted by Crippen LogP contribution is -2.32. The maximum Gasteiger partial charge on any atom is 0.255 e. The van der Waals surface area contributed by atoms with Crippen molar-refractivity contribution in [3.63, 3.8) is 0 Å². The van der Waals surface area contributed by atoms with Gasteiger partial charge in [-0.2, -0.15) is 0 Å². The maximum absolute atomic E-state index is 12.6. The van der Waals surface area contributed by atoms with Gasteiger partial charge in [0.1, 0.15) is 0 Å². The van der Waals surface area contributed by atoms with Gasteiger partial charge in [-0.1, -0.05) is 25.4 Å². The van der Waals surface area contributed by atoms with E-state index in [0.717, 1.165) is 31.8 Å². The smallest absolute Gasteiger partial charge is 0.255 e. The molecule has 1 aliphatic heterocycles. The van der Waals surface area contributed by atoms with Crippen LogP contribution in [0.15, 0.2) is 18.2 Å². The van der Waals surface area contributed by atoms with E-state index in [9.17, 15) is 4.79 Å². The van der Waals surface area contributed by atoms with E-state index >= 15 is 0 Å². The van der Waals surface area contributed by atoms with E-state index in [1.807, 2.05) is 4.90 Å². The Bertz CT molecular complexity index is 487. The molecule has 0 spiro atoms. The van der Waals surface area contributed by atoms with E-state index in [-0.39, 0.29) is 5.91 Å². The molecule has 0 radical (unpaired) electrons. The number of rotatable bonds is 2. The van der Waals surface area contributed by atoms with Gasteiger partial charge in [0.25, 0.3) is 5.91 Å². The van der Waals surface area contributed by atoms with Crippen LogP contribution < -0.4 is 5.73 Å². The number of amides is 1. The number of anilines is 1. The van der Waals surface area contributed by atoms with Crippen LogP contribution in [0.3, 0.4) is 0 Å². The summed E-state index contributed by atoms with van der Waals surface area (Å²) in [5.41, 5.74) is 6.82. The highest BCUT2D eigenvalue weighted by atomic mass is 35.5. The van der Waals surface area contributed by atoms with Crippen LogP contribution in [0.4, 0.5) is 5.69 Å². The zero-order chi connectivity index (χ0) is 14.7. The molecular weight excluding hydrogens is 272 g/mol. The molecule has 1 unspecified atom stereocenters. The van der Waals surface area contributed by atoms with Crippen molar-refractivity contribution in [3.05, 3.63) is 28.8 Å². The molecular formula is C16H23ClN2O. The van der Waals surface area contributed by atoms with Crippen molar-refractivity contribution in [1.82, 2.24) is 4.90 Å². The van der Waals surface area contributed by atoms with E-state index < -0.39 is 0 Å². The van der Waals surface area contributed by atoms with Crippen molar-refractivity contribution < 1.29 is 4.79 Å². The highest BCUT2D eigenvalue weighted by Gasteiger charge is 2.24. The number of carbonyl (C=O) groups is 1. The molecule has 3 nitrogen and oxygen atoms in total. The van der Waals surface area contributed by atoms with Gasteiger partial charge in [0.2, 0.25) is 0 Å². The van der Waals surface area contributed by atoms with E-state index in [1.54, 1.807) is 18.2 Å². The molecule has 1 atom stereocenters. The van der Waals surface area contributed by atoms with Gasteiger partial charge in [0.05, 0.1) is 10.6 Å². The maximum atomic E-state index is 12.6. The molecule has 110 valence electrons. The van der Waals surface area contributed by atoms with Crippen LogP contribution in [0.1, 0.15) is 43.5 Å². The summed E-state index contributed by atoms with van der Waals surface area (Å²) < 4.78 is 0. The van der Waals surface area contributed by atoms with Crippen molar-refractivity contribution in [1.29, 1.82) is 0 Å². The average molecular weight is 295 g/mol. The molecule has 1 fully saturated rings. The fourth-order valence-corrected chi connectivity index (χ4v) is 3.14. The Hall–Kier alpha value is -1.22. The van der Waals surface area contributed by atoms with Crippen LogP contribution in [0.25, 0.3) is 0 Å². The Morgan fingerprint density at radius 3 is 2.75 bits per heavy atom. The third-order valence-corrected chi connectivity index (χ3v) is 4.54. The Labute approximate surface area is 126 Å². The van der Waals surface area contributed by atoms with Gasteiger partial charge in [-0.15, -0.1) is 0 Å². The van der Waals surface area contributed by atoms with Crippen LogP contribution in [0, 0.1) is 11.8 Å². The fraction of sp³-hybridized carbons (Fsp3) is 0.562. The first kappa shape index (κ1) is 15.2. The Morgan fingerprint density at radius 1 is 1.35 bits per heavy atom. The standard InChI is InChI=1S/C16H23ClN2O/c1-11(2)12-4-3-8-19(9-7-12)16(20)14-6-5-13(18)10-15(14)17/h5-6,10-12H,3-4,7-9,18H2,1-2H3. The van der Waals surface area contributed by atoms with E-state index in [4.69, 9.17) is 17.3 Å². The molecule has 0 saturated carbocycles. The Kier molecular flexibility index (Phi) is 4.92. The highest BCUT2D eigenvalue weighted by Crippen LogP contribution is 2.27. The van der Waals surface area contributed by atoms with Gasteiger partial charge in [-0.3, -0.25) is 4.79 Å². The first-order valence-corrected chi connectivity index (χ1v) is 7.71. The van der Waals surface area contributed by atoms with Gasteiger partial charge >= 0.3 is 0 Å². The lowest BCUT2D eigenvalue weighted by molar-refractivity contribution is 0.0759. The molecule has 1 aliphatic rings. The summed E-state index contributed by atoms with van der Waals surface area (Å²) >= 11 is 6.14. The van der Waals surface area contributed by atoms with E-state index in [2.05, 4.69) is 13.8 Å². The Morgan fingerprint density at radius 2 is 2.10 bits per heavy atom. The first-order chi connectivity index (χ1) is 9.49. The predicted molar refractivity (Wildman–Crippen MR) is 83.9 cm³/mol. The number of benzene rings is 1. The molecule has 0 aromatic heterocycles. The average Bonchev–Trinajstić information content (AvgIpc) is 2.63. The molecule has 4 heteroatoms. The predicted octanol–water partition coefficient (Wildman–Crippen LogP) is 3.82. The van der Waals surface area contributed by atoms with Crippen LogP contribution in [-0.2, 0) is 0 Å². The summed E-state index contributed by atoms with van der Waals surface area (Å²) in [5, 5.41) is 0.444. The van der Waals surface area contributed by atoms with Crippen molar-refractivity contribution in [2.24, 2.45) is 11.8 Å². The number of nitrogens with zero attached hydrogens (tertiary/aromatic N) is 1. The number of halogens is 1. The zero-order valence-electron chi connectivity index (χ0n) is 12.2. The number of nitrogen functional groups attached to an aromatic ring is 1. The molecule has 1 aromatic rings. The molecule has 20 heavy (non-hydrogen) atoms. The fourth-order valence-electron chi connectivity index (χ4n) is 2.87. The molecule has 0 aliphatic carbocycles. The SMILES string of the molecule is CC(C)C1CCCN(C(=O)c2ccc(N)cc2Cl)CC1. The number of nitrogens with two attached hydrogens (primary N) is 1. The minimum absolute atomic E-state index is 0.0272. The van der Waals surface area contributed by atoms with Crippen molar-refractivity contribution in [2.75, 3.05) is 18.8 Å². The second kappa shape index (κ2) is 6.49. The molecule has 0 bridgehead atoms. The molecule has 2 N–H and O–H groups in total. The van der Waals surface area contributed by atoms with Gasteiger partial charge < -0.3 is 10.6 Å². The molecule has 1 amide bonds. The van der Waals surface area contributed by atoms with Crippen LogP contribution >= 0.6 is 11.6 Å². The summed E-state index contributed by atoms with van der Waals surface area (Å²) in [4.78, 5) is 14.5. The largest absolute Gasteiger partial charge is 0.399 e. The quantitative estimate of drug-likeness (QED) is 0.843. The van der Waals surface area contributed by atoms with E-state index in [0.29, 0.717) is 22.2 Å². The van der Waals surface area contributed by atoms with Gasteiger partial charge in [0, 0.05) is 18.8 Å². The second-order valence-corrected chi connectivity index (χ2v) is 6.37. The van der Waals surface area contributed by atoms with Crippen LogP contribution in [-0.4, -0.2) is 23.9 Å². The first-order valence-electron chi connectivity index (χ1n) is 7.33. The summed E-state index contributed by atoms with van der Waals surface area (Å²) in [6.45, 7) is 6.17. The normalized spacial score (nSPS) is 20.0. The molecule has 2 rings (SSSR count). The van der Waals surface area contributed by atoms with Gasteiger partial charge in [0.15, 0.2) is 0 Å². The number of hydrogen-bond acceptors (Lipinski definition) is 2. The lowest BCUT2D eigenvalue weighted by Gasteiger charge is -2.22. The van der Waals surface area contributed by atoms with Crippen molar-refractivity contribution in [2.45, 2.75) is 33.1 Å². The van der Waals surface area contributed by atoms with E-state index in [1.165, 1.54) is 6.42 Å². The monoisotopic (exact) mass is 294 g/mol. The summed E-state index contributed by atoms with van der Waals surface area (Å²) in [7, 11) is 0. The second-order valence-electron chi connectivity index (χ2n) is 5.97. The topological polar surface area (TPSA) is 46.3 Å². The number of likely N-dealkylation sites (tertiary alicyclic amines) is 1. The minimum atomic E-state index is 0.0272. The van der Waals surface area contributed by atoms with Crippen molar-refractivity contribution in [3.8, 4) is 0 Å². The molecule has 1 aromatic carbocycles. The van der Waals surface area contributed by atoms with Gasteiger partial charge in [-0.25, -0.2) is 0 Å². The number of hydrogen-bond donors (Lipinski definition) is 1.